The van der Waals surface area contributed by atoms with Crippen molar-refractivity contribution >= 4 is 52.2 Å². The highest BCUT2D eigenvalue weighted by Gasteiger charge is 2.39. The summed E-state index contributed by atoms with van der Waals surface area (Å²) in [4.78, 5) is 86.3. The van der Waals surface area contributed by atoms with Crippen molar-refractivity contribution in [3.8, 4) is 0 Å². The fourth-order valence-electron chi connectivity index (χ4n) is 7.79. The molecule has 1 aliphatic rings. The summed E-state index contributed by atoms with van der Waals surface area (Å²) in [6.07, 6.45) is 1.49. The number of nitrogens with zero attached hydrogens (tertiary/aromatic N) is 7. The maximum atomic E-state index is 15.3. The van der Waals surface area contributed by atoms with Gasteiger partial charge in [0.05, 0.1) is 23.0 Å². The number of nitrogens with two attached hydrogens (primary N) is 1. The normalized spacial score (nSPS) is 14.8. The van der Waals surface area contributed by atoms with Gasteiger partial charge in [0.15, 0.2) is 0 Å². The predicted molar refractivity (Wildman–Crippen MR) is 254 cm³/mol. The highest BCUT2D eigenvalue weighted by molar-refractivity contribution is 5.99. The second kappa shape index (κ2) is 23.4. The van der Waals surface area contributed by atoms with E-state index in [4.69, 9.17) is 20.3 Å². The van der Waals surface area contributed by atoms with Crippen molar-refractivity contribution in [1.82, 2.24) is 50.3 Å². The largest absolute Gasteiger partial charge is 0.445 e. The number of anilines is 2. The first-order valence-electron chi connectivity index (χ1n) is 22.4. The van der Waals surface area contributed by atoms with Crippen LogP contribution in [0.3, 0.4) is 0 Å². The van der Waals surface area contributed by atoms with Crippen LogP contribution in [0.25, 0.3) is 10.8 Å². The molecule has 23 heteroatoms. The zero-order chi connectivity index (χ0) is 50.6. The zero-order valence-electron chi connectivity index (χ0n) is 39.4. The summed E-state index contributed by atoms with van der Waals surface area (Å²) >= 11 is 0. The van der Waals surface area contributed by atoms with Gasteiger partial charge in [-0.25, -0.2) is 32.8 Å². The average Bonchev–Trinajstić information content (AvgIpc) is 3.75. The molecule has 5 aromatic rings. The molecule has 0 bridgehead atoms. The number of nitrogens with one attached hydrogen (secondary N) is 5. The van der Waals surface area contributed by atoms with Crippen LogP contribution in [-0.2, 0) is 39.4 Å². The van der Waals surface area contributed by atoms with E-state index in [0.717, 1.165) is 10.7 Å². The van der Waals surface area contributed by atoms with Gasteiger partial charge in [0.25, 0.3) is 5.56 Å². The van der Waals surface area contributed by atoms with E-state index in [2.05, 4.69) is 43.2 Å². The van der Waals surface area contributed by atoms with Gasteiger partial charge in [-0.15, -0.1) is 0 Å². The Labute approximate surface area is 401 Å². The van der Waals surface area contributed by atoms with E-state index in [-0.39, 0.29) is 57.1 Å². The van der Waals surface area contributed by atoms with Crippen molar-refractivity contribution in [2.24, 2.45) is 18.7 Å². The first-order chi connectivity index (χ1) is 33.4. The number of amides is 6. The van der Waals surface area contributed by atoms with E-state index in [1.165, 1.54) is 35.5 Å². The lowest BCUT2D eigenvalue weighted by Gasteiger charge is -2.34. The lowest BCUT2D eigenvalue weighted by molar-refractivity contribution is -0.128. The summed E-state index contributed by atoms with van der Waals surface area (Å²) in [7, 11) is 5.33. The number of urea groups is 1. The van der Waals surface area contributed by atoms with E-state index in [0.29, 0.717) is 46.0 Å². The Morgan fingerprint density at radius 1 is 0.971 bits per heavy atom. The Bertz CT molecular complexity index is 2750. The number of ether oxygens (including phenoxy) is 2. The fraction of sp³-hybridized carbons (Fsp3) is 0.383. The second-order valence-corrected chi connectivity index (χ2v) is 17.2. The van der Waals surface area contributed by atoms with E-state index in [9.17, 15) is 33.2 Å². The molecule has 21 nitrogen and oxygen atoms in total. The van der Waals surface area contributed by atoms with Crippen LogP contribution < -0.4 is 37.9 Å². The highest BCUT2D eigenvalue weighted by atomic mass is 19.1. The van der Waals surface area contributed by atoms with Gasteiger partial charge in [0.2, 0.25) is 11.8 Å². The third-order valence-electron chi connectivity index (χ3n) is 11.4. The highest BCUT2D eigenvalue weighted by Crippen LogP contribution is 2.46. The summed E-state index contributed by atoms with van der Waals surface area (Å²) in [5.41, 5.74) is 6.70. The van der Waals surface area contributed by atoms with E-state index in [1.54, 1.807) is 62.0 Å². The minimum absolute atomic E-state index is 0.0115. The number of carbonyl (C=O) groups excluding carboxylic acids is 5. The van der Waals surface area contributed by atoms with Gasteiger partial charge in [0.1, 0.15) is 55.8 Å². The number of halogens is 2. The molecule has 4 atom stereocenters. The van der Waals surface area contributed by atoms with Crippen LogP contribution in [0, 0.1) is 17.6 Å². The smallest absolute Gasteiger partial charge is 0.411 e. The minimum atomic E-state index is -1.10. The SMILES string of the molecule is C=CCOC(=O)N[C@H](C(=O)N[C@@H](CCCNC(N)=O)C(=O)Nc1ccc(COC(=O)N(CCN(C)C)Cn2nc3c4c(cc(F)cc4c2=O)N[C@H](c2ccc(F)cc2)[C@H]3c2ncnn2C)cc1)C(C)C. The van der Waals surface area contributed by atoms with Crippen molar-refractivity contribution < 1.29 is 42.2 Å². The van der Waals surface area contributed by atoms with Crippen molar-refractivity contribution in [3.05, 3.63) is 124 Å². The Morgan fingerprint density at radius 2 is 1.70 bits per heavy atom. The van der Waals surface area contributed by atoms with Crippen LogP contribution in [0.4, 0.5) is 34.5 Å². The predicted octanol–water partition coefficient (Wildman–Crippen LogP) is 4.07. The zero-order valence-corrected chi connectivity index (χ0v) is 39.4. The van der Waals surface area contributed by atoms with Gasteiger partial charge >= 0.3 is 18.2 Å². The molecule has 70 heavy (non-hydrogen) atoms. The van der Waals surface area contributed by atoms with Gasteiger partial charge in [-0.1, -0.05) is 50.8 Å². The molecule has 0 fully saturated rings. The molecular formula is C47H57F2N13O8. The van der Waals surface area contributed by atoms with Crippen molar-refractivity contribution in [3.63, 3.8) is 0 Å². The number of hydrogen-bond donors (Lipinski definition) is 6. The summed E-state index contributed by atoms with van der Waals surface area (Å²) < 4.78 is 42.9. The Balaban J connectivity index is 1.19. The maximum Gasteiger partial charge on any atom is 0.411 e. The third kappa shape index (κ3) is 13.0. The quantitative estimate of drug-likeness (QED) is 0.0448. The number of hydrogen-bond acceptors (Lipinski definition) is 13. The number of carbonyl (C=O) groups is 5. The van der Waals surface area contributed by atoms with Crippen LogP contribution >= 0.6 is 0 Å². The number of rotatable bonds is 21. The van der Waals surface area contributed by atoms with E-state index >= 15 is 4.39 Å². The molecular weight excluding hydrogens is 913 g/mol. The number of aryl methyl sites for hydroxylation is 1. The molecule has 7 N–H and O–H groups in total. The molecule has 0 aliphatic carbocycles. The van der Waals surface area contributed by atoms with Crippen molar-refractivity contribution in [2.75, 3.05) is 51.0 Å². The lowest BCUT2D eigenvalue weighted by Crippen LogP contribution is -2.54. The van der Waals surface area contributed by atoms with Crippen molar-refractivity contribution in [1.29, 1.82) is 0 Å². The molecule has 0 saturated carbocycles. The second-order valence-electron chi connectivity index (χ2n) is 17.2. The number of aromatic nitrogens is 5. The molecule has 3 aromatic carbocycles. The Kier molecular flexibility index (Phi) is 17.2. The minimum Gasteiger partial charge on any atom is -0.445 e. The molecule has 1 aliphatic heterocycles. The topological polar surface area (TPSA) is 262 Å². The molecule has 3 heterocycles. The van der Waals surface area contributed by atoms with Crippen LogP contribution in [0.5, 0.6) is 0 Å². The van der Waals surface area contributed by atoms with E-state index in [1.807, 2.05) is 19.0 Å². The number of likely N-dealkylation sites (N-methyl/N-ethyl adjacent to an activating group) is 1. The van der Waals surface area contributed by atoms with Gasteiger partial charge in [-0.3, -0.25) is 24.0 Å². The van der Waals surface area contributed by atoms with Crippen molar-refractivity contribution in [2.45, 2.75) is 64.0 Å². The van der Waals surface area contributed by atoms with E-state index < -0.39 is 71.3 Å². The first kappa shape index (κ1) is 51.4. The number of benzene rings is 3. The van der Waals surface area contributed by atoms with Crippen LogP contribution in [-0.4, -0.2) is 117 Å². The molecule has 2 aromatic heterocycles. The Hall–Kier alpha value is -7.95. The Morgan fingerprint density at radius 3 is 2.34 bits per heavy atom. The summed E-state index contributed by atoms with van der Waals surface area (Å²) in [6.45, 7) is 6.86. The lowest BCUT2D eigenvalue weighted by atomic mass is 9.83. The number of alkyl carbamates (subject to hydrolysis) is 1. The summed E-state index contributed by atoms with van der Waals surface area (Å²) in [5.74, 6) is -2.99. The maximum absolute atomic E-state index is 15.3. The molecule has 0 spiro atoms. The third-order valence-corrected chi connectivity index (χ3v) is 11.4. The average molecular weight is 970 g/mol. The van der Waals surface area contributed by atoms with Crippen LogP contribution in [0.1, 0.15) is 61.3 Å². The summed E-state index contributed by atoms with van der Waals surface area (Å²) in [6, 6.07) is 11.1. The van der Waals surface area contributed by atoms with Crippen LogP contribution in [0.15, 0.2) is 84.4 Å². The molecule has 0 saturated heterocycles. The first-order valence-corrected chi connectivity index (χ1v) is 22.4. The molecule has 0 unspecified atom stereocenters. The molecule has 6 amide bonds. The fourth-order valence-corrected chi connectivity index (χ4v) is 7.79. The molecule has 0 radical (unpaired) electrons. The molecule has 6 rings (SSSR count). The van der Waals surface area contributed by atoms with Gasteiger partial charge in [-0.05, 0) is 80.4 Å². The van der Waals surface area contributed by atoms with Gasteiger partial charge < -0.3 is 46.7 Å². The molecule has 372 valence electrons. The van der Waals surface area contributed by atoms with Gasteiger partial charge in [-0.2, -0.15) is 10.2 Å². The number of primary amides is 1. The van der Waals surface area contributed by atoms with Gasteiger partial charge in [0, 0.05) is 43.4 Å². The standard InChI is InChI=1S/C47H57F2N13O8/c1-7-21-69-46(67)57-38(27(2)3)43(64)56-34(9-8-18-51-45(50)66)42(63)54-32-16-10-28(11-17-32)24-70-47(68)61(20-19-59(4)5)26-62-44(65)33-22-31(49)23-35-36(33)40(58-62)37(41-52-25-53-60(41)6)39(55-35)29-12-14-30(48)15-13-29/h7,10-17,22-23,25,27,34,37-39,55H,1,8-9,18-21,24,26H2,2-6H3,(H,54,63)(H,56,64)(H,57,67)(H3,50,51,66)/t34-,37+,38-,39+/m0/s1. The monoisotopic (exact) mass is 969 g/mol. The summed E-state index contributed by atoms with van der Waals surface area (Å²) in [5, 5.41) is 23.2. The van der Waals surface area contributed by atoms with Crippen LogP contribution in [0.2, 0.25) is 0 Å².